The third-order valence-corrected chi connectivity index (χ3v) is 2.98. The van der Waals surface area contributed by atoms with Crippen LogP contribution in [0.3, 0.4) is 0 Å². The van der Waals surface area contributed by atoms with Gasteiger partial charge in [-0.15, -0.1) is 0 Å². The Morgan fingerprint density at radius 3 is 2.67 bits per heavy atom. The summed E-state index contributed by atoms with van der Waals surface area (Å²) in [5.41, 5.74) is 6.80. The number of ether oxygens (including phenoxy) is 2. The Kier molecular flexibility index (Phi) is 4.61. The van der Waals surface area contributed by atoms with Gasteiger partial charge in [0.05, 0.1) is 19.8 Å². The summed E-state index contributed by atoms with van der Waals surface area (Å²) in [6.45, 7) is 0.344. The monoisotopic (exact) mass is 287 g/mol. The van der Waals surface area contributed by atoms with Crippen LogP contribution in [-0.2, 0) is 6.54 Å². The van der Waals surface area contributed by atoms with Crippen molar-refractivity contribution in [1.82, 2.24) is 10.3 Å². The summed E-state index contributed by atoms with van der Waals surface area (Å²) in [6.07, 6.45) is 1.44. The minimum atomic E-state index is -0.222. The molecule has 0 saturated heterocycles. The molecule has 1 aromatic carbocycles. The molecule has 2 rings (SSSR count). The summed E-state index contributed by atoms with van der Waals surface area (Å²) in [5, 5.41) is 2.81. The highest BCUT2D eigenvalue weighted by molar-refractivity contribution is 5.94. The lowest BCUT2D eigenvalue weighted by molar-refractivity contribution is 0.0950. The Hall–Kier alpha value is -2.76. The second kappa shape index (κ2) is 6.60. The molecule has 0 fully saturated rings. The van der Waals surface area contributed by atoms with Gasteiger partial charge in [0.2, 0.25) is 0 Å². The molecular formula is C15H17N3O3. The average molecular weight is 287 g/mol. The van der Waals surface area contributed by atoms with Gasteiger partial charge in [0.25, 0.3) is 5.91 Å². The smallest absolute Gasteiger partial charge is 0.253 e. The van der Waals surface area contributed by atoms with E-state index in [1.54, 1.807) is 32.4 Å². The number of nitrogen functional groups attached to an aromatic ring is 1. The molecule has 0 aliphatic rings. The predicted molar refractivity (Wildman–Crippen MR) is 79.4 cm³/mol. The number of anilines is 1. The first-order valence-corrected chi connectivity index (χ1v) is 6.34. The molecular weight excluding hydrogens is 270 g/mol. The van der Waals surface area contributed by atoms with Gasteiger partial charge in [0.15, 0.2) is 0 Å². The Bertz CT molecular complexity index is 627. The molecule has 1 amide bonds. The van der Waals surface area contributed by atoms with Crippen molar-refractivity contribution in [1.29, 1.82) is 0 Å². The number of hydrogen-bond donors (Lipinski definition) is 2. The molecule has 0 unspecified atom stereocenters. The summed E-state index contributed by atoms with van der Waals surface area (Å²) in [6, 6.07) is 8.64. The largest absolute Gasteiger partial charge is 0.497 e. The van der Waals surface area contributed by atoms with Crippen LogP contribution in [0.4, 0.5) is 5.82 Å². The summed E-state index contributed by atoms with van der Waals surface area (Å²) >= 11 is 0. The molecule has 1 aromatic heterocycles. The van der Waals surface area contributed by atoms with E-state index in [9.17, 15) is 4.79 Å². The van der Waals surface area contributed by atoms with Crippen molar-refractivity contribution in [2.45, 2.75) is 6.54 Å². The van der Waals surface area contributed by atoms with Crippen molar-refractivity contribution < 1.29 is 14.3 Å². The molecule has 0 radical (unpaired) electrons. The van der Waals surface area contributed by atoms with E-state index in [1.807, 2.05) is 12.1 Å². The Morgan fingerprint density at radius 1 is 1.24 bits per heavy atom. The average Bonchev–Trinajstić information content (AvgIpc) is 2.53. The Balaban J connectivity index is 2.05. The lowest BCUT2D eigenvalue weighted by Gasteiger charge is -2.11. The first-order valence-electron chi connectivity index (χ1n) is 6.34. The molecule has 21 heavy (non-hydrogen) atoms. The third kappa shape index (κ3) is 3.62. The normalized spacial score (nSPS) is 10.0. The quantitative estimate of drug-likeness (QED) is 0.872. The number of carbonyl (C=O) groups is 1. The van der Waals surface area contributed by atoms with E-state index in [4.69, 9.17) is 15.2 Å². The molecule has 0 aliphatic heterocycles. The van der Waals surface area contributed by atoms with Gasteiger partial charge in [-0.3, -0.25) is 4.79 Å². The number of hydrogen-bond acceptors (Lipinski definition) is 5. The van der Waals surface area contributed by atoms with Gasteiger partial charge >= 0.3 is 0 Å². The summed E-state index contributed by atoms with van der Waals surface area (Å²) in [5.74, 6) is 1.51. The number of methoxy groups -OCH3 is 2. The van der Waals surface area contributed by atoms with Crippen LogP contribution >= 0.6 is 0 Å². The number of rotatable bonds is 5. The van der Waals surface area contributed by atoms with Crippen molar-refractivity contribution in [3.8, 4) is 11.5 Å². The number of benzene rings is 1. The van der Waals surface area contributed by atoms with E-state index in [0.717, 1.165) is 5.56 Å². The molecule has 0 saturated carbocycles. The van der Waals surface area contributed by atoms with Crippen LogP contribution in [0.5, 0.6) is 11.5 Å². The van der Waals surface area contributed by atoms with Gasteiger partial charge in [-0.25, -0.2) is 4.98 Å². The zero-order chi connectivity index (χ0) is 15.2. The fourth-order valence-corrected chi connectivity index (χ4v) is 1.82. The zero-order valence-corrected chi connectivity index (χ0v) is 11.9. The second-order valence-corrected chi connectivity index (χ2v) is 4.33. The maximum atomic E-state index is 12.0. The minimum Gasteiger partial charge on any atom is -0.497 e. The van der Waals surface area contributed by atoms with Crippen LogP contribution in [-0.4, -0.2) is 25.1 Å². The fourth-order valence-electron chi connectivity index (χ4n) is 1.82. The molecule has 6 heteroatoms. The molecule has 3 N–H and O–H groups in total. The summed E-state index contributed by atoms with van der Waals surface area (Å²) in [4.78, 5) is 15.9. The van der Waals surface area contributed by atoms with Crippen LogP contribution in [0, 0.1) is 0 Å². The summed E-state index contributed by atoms with van der Waals surface area (Å²) in [7, 11) is 3.16. The van der Waals surface area contributed by atoms with Crippen LogP contribution in [0.1, 0.15) is 15.9 Å². The van der Waals surface area contributed by atoms with Crippen molar-refractivity contribution in [3.63, 3.8) is 0 Å². The highest BCUT2D eigenvalue weighted by Crippen LogP contribution is 2.24. The maximum absolute atomic E-state index is 12.0. The predicted octanol–water partition coefficient (Wildman–Crippen LogP) is 1.61. The van der Waals surface area contributed by atoms with Gasteiger partial charge in [-0.2, -0.15) is 0 Å². The lowest BCUT2D eigenvalue weighted by Crippen LogP contribution is -2.23. The van der Waals surface area contributed by atoms with Crippen molar-refractivity contribution >= 4 is 11.7 Å². The van der Waals surface area contributed by atoms with E-state index < -0.39 is 0 Å². The van der Waals surface area contributed by atoms with Gasteiger partial charge in [0.1, 0.15) is 17.3 Å². The van der Waals surface area contributed by atoms with Crippen LogP contribution in [0.25, 0.3) is 0 Å². The van der Waals surface area contributed by atoms with Crippen molar-refractivity contribution in [3.05, 3.63) is 47.7 Å². The highest BCUT2D eigenvalue weighted by Gasteiger charge is 2.09. The standard InChI is InChI=1S/C15H17N3O3/c1-20-12-5-3-10(13(7-12)21-2)8-18-15(19)11-4-6-14(16)17-9-11/h3-7,9H,8H2,1-2H3,(H2,16,17)(H,18,19). The first kappa shape index (κ1) is 14.6. The number of amides is 1. The molecule has 0 spiro atoms. The number of nitrogens with zero attached hydrogens (tertiary/aromatic N) is 1. The van der Waals surface area contributed by atoms with E-state index >= 15 is 0 Å². The summed E-state index contributed by atoms with van der Waals surface area (Å²) < 4.78 is 10.4. The molecule has 1 heterocycles. The van der Waals surface area contributed by atoms with E-state index in [2.05, 4.69) is 10.3 Å². The van der Waals surface area contributed by atoms with E-state index in [-0.39, 0.29) is 5.91 Å². The fraction of sp³-hybridized carbons (Fsp3) is 0.200. The van der Waals surface area contributed by atoms with Crippen LogP contribution < -0.4 is 20.5 Å². The topological polar surface area (TPSA) is 86.5 Å². The molecule has 0 aliphatic carbocycles. The van der Waals surface area contributed by atoms with Gasteiger partial charge < -0.3 is 20.5 Å². The van der Waals surface area contributed by atoms with E-state index in [1.165, 1.54) is 6.20 Å². The van der Waals surface area contributed by atoms with Gasteiger partial charge in [-0.05, 0) is 24.3 Å². The van der Waals surface area contributed by atoms with Crippen molar-refractivity contribution in [2.75, 3.05) is 20.0 Å². The molecule has 0 atom stereocenters. The van der Waals surface area contributed by atoms with E-state index in [0.29, 0.717) is 29.4 Å². The number of carbonyl (C=O) groups excluding carboxylic acids is 1. The Labute approximate surface area is 122 Å². The Morgan fingerprint density at radius 2 is 2.05 bits per heavy atom. The molecule has 0 bridgehead atoms. The first-order chi connectivity index (χ1) is 10.1. The zero-order valence-electron chi connectivity index (χ0n) is 11.9. The number of aromatic nitrogens is 1. The second-order valence-electron chi connectivity index (χ2n) is 4.33. The number of nitrogens with one attached hydrogen (secondary N) is 1. The van der Waals surface area contributed by atoms with Gasteiger partial charge in [-0.1, -0.05) is 0 Å². The van der Waals surface area contributed by atoms with Crippen LogP contribution in [0.2, 0.25) is 0 Å². The maximum Gasteiger partial charge on any atom is 0.253 e. The molecule has 110 valence electrons. The SMILES string of the molecule is COc1ccc(CNC(=O)c2ccc(N)nc2)c(OC)c1. The number of pyridine rings is 1. The molecule has 6 nitrogen and oxygen atoms in total. The highest BCUT2D eigenvalue weighted by atomic mass is 16.5. The number of nitrogens with two attached hydrogens (primary N) is 1. The van der Waals surface area contributed by atoms with Crippen molar-refractivity contribution in [2.24, 2.45) is 0 Å². The third-order valence-electron chi connectivity index (χ3n) is 2.98. The van der Waals surface area contributed by atoms with Gasteiger partial charge in [0, 0.05) is 24.4 Å². The lowest BCUT2D eigenvalue weighted by atomic mass is 10.2. The minimum absolute atomic E-state index is 0.222. The van der Waals surface area contributed by atoms with Crippen LogP contribution in [0.15, 0.2) is 36.5 Å². The molecule has 2 aromatic rings.